The standard InChI is InChI=1S/C21H28N4O3/c1-3-24-18(26)17-12-21(14-25(17)20(24)28)8-10-23(11-9-21)19(27)22-13-16-6-4-15(2)5-7-16/h4-7,17H,3,8-14H2,1-2H3,(H,22,27). The molecule has 150 valence electrons. The molecule has 5 amide bonds. The number of carbonyl (C=O) groups is 3. The molecule has 3 aliphatic heterocycles. The van der Waals surface area contributed by atoms with E-state index in [1.807, 2.05) is 43.0 Å². The fourth-order valence-electron chi connectivity index (χ4n) is 4.74. The molecule has 7 nitrogen and oxygen atoms in total. The van der Waals surface area contributed by atoms with E-state index in [0.29, 0.717) is 32.7 Å². The Morgan fingerprint density at radius 3 is 2.46 bits per heavy atom. The Balaban J connectivity index is 1.30. The Labute approximate surface area is 165 Å². The third-order valence-corrected chi connectivity index (χ3v) is 6.53. The number of hydrogen-bond acceptors (Lipinski definition) is 3. The van der Waals surface area contributed by atoms with Gasteiger partial charge < -0.3 is 15.1 Å². The number of benzene rings is 1. The number of carbonyl (C=O) groups excluding carboxylic acids is 3. The number of aryl methyl sites for hydroxylation is 1. The van der Waals surface area contributed by atoms with Crippen molar-refractivity contribution >= 4 is 18.0 Å². The second kappa shape index (κ2) is 7.11. The summed E-state index contributed by atoms with van der Waals surface area (Å²) in [6.07, 6.45) is 2.40. The molecule has 0 aromatic heterocycles. The van der Waals surface area contributed by atoms with E-state index in [4.69, 9.17) is 0 Å². The fraction of sp³-hybridized carbons (Fsp3) is 0.571. The van der Waals surface area contributed by atoms with E-state index >= 15 is 0 Å². The normalized spacial score (nSPS) is 23.5. The first-order valence-electron chi connectivity index (χ1n) is 10.1. The molecule has 3 aliphatic rings. The van der Waals surface area contributed by atoms with Gasteiger partial charge in [0.05, 0.1) is 0 Å². The van der Waals surface area contributed by atoms with Crippen molar-refractivity contribution in [1.29, 1.82) is 0 Å². The zero-order chi connectivity index (χ0) is 19.9. The van der Waals surface area contributed by atoms with Crippen LogP contribution in [0, 0.1) is 12.3 Å². The van der Waals surface area contributed by atoms with Gasteiger partial charge >= 0.3 is 12.1 Å². The van der Waals surface area contributed by atoms with Crippen molar-refractivity contribution in [2.24, 2.45) is 5.41 Å². The number of piperidine rings is 1. The van der Waals surface area contributed by atoms with Crippen molar-refractivity contribution in [2.75, 3.05) is 26.2 Å². The molecule has 0 bridgehead atoms. The summed E-state index contributed by atoms with van der Waals surface area (Å²) in [4.78, 5) is 42.3. The Morgan fingerprint density at radius 2 is 1.86 bits per heavy atom. The van der Waals surface area contributed by atoms with Gasteiger partial charge in [-0.3, -0.25) is 9.69 Å². The molecule has 1 atom stereocenters. The van der Waals surface area contributed by atoms with Crippen LogP contribution in [0.5, 0.6) is 0 Å². The van der Waals surface area contributed by atoms with Gasteiger partial charge in [0, 0.05) is 32.7 Å². The summed E-state index contributed by atoms with van der Waals surface area (Å²) in [6, 6.07) is 7.65. The number of amides is 5. The van der Waals surface area contributed by atoms with E-state index in [2.05, 4.69) is 5.32 Å². The van der Waals surface area contributed by atoms with Gasteiger partial charge in [-0.2, -0.15) is 0 Å². The van der Waals surface area contributed by atoms with Crippen molar-refractivity contribution in [3.8, 4) is 0 Å². The number of imide groups is 1. The number of fused-ring (bicyclic) bond motifs is 1. The first-order chi connectivity index (χ1) is 13.4. The molecule has 3 fully saturated rings. The van der Waals surface area contributed by atoms with E-state index in [-0.39, 0.29) is 29.4 Å². The van der Waals surface area contributed by atoms with E-state index in [1.54, 1.807) is 4.90 Å². The first kappa shape index (κ1) is 18.8. The lowest BCUT2D eigenvalue weighted by molar-refractivity contribution is -0.128. The first-order valence-corrected chi connectivity index (χ1v) is 10.1. The van der Waals surface area contributed by atoms with Crippen LogP contribution in [-0.2, 0) is 11.3 Å². The van der Waals surface area contributed by atoms with Crippen LogP contribution in [0.1, 0.15) is 37.3 Å². The largest absolute Gasteiger partial charge is 0.334 e. The molecule has 0 saturated carbocycles. The van der Waals surface area contributed by atoms with Crippen molar-refractivity contribution < 1.29 is 14.4 Å². The average Bonchev–Trinajstić information content (AvgIpc) is 3.16. The van der Waals surface area contributed by atoms with Crippen LogP contribution in [-0.4, -0.2) is 64.9 Å². The Morgan fingerprint density at radius 1 is 1.18 bits per heavy atom. The monoisotopic (exact) mass is 384 g/mol. The summed E-state index contributed by atoms with van der Waals surface area (Å²) in [6.45, 7) is 6.80. The maximum absolute atomic E-state index is 12.5. The number of nitrogens with zero attached hydrogens (tertiary/aromatic N) is 3. The minimum Gasteiger partial charge on any atom is -0.334 e. The lowest BCUT2D eigenvalue weighted by Crippen LogP contribution is -2.48. The minimum absolute atomic E-state index is 0.0243. The Kier molecular flexibility index (Phi) is 4.77. The van der Waals surface area contributed by atoms with E-state index < -0.39 is 0 Å². The van der Waals surface area contributed by atoms with Gasteiger partial charge in [-0.05, 0) is 44.1 Å². The summed E-state index contributed by atoms with van der Waals surface area (Å²) in [5.41, 5.74) is 2.26. The van der Waals surface area contributed by atoms with Crippen LogP contribution in [0.2, 0.25) is 0 Å². The molecule has 4 rings (SSSR count). The SMILES string of the molecule is CCN1C(=O)C2CC3(CCN(C(=O)NCc4ccc(C)cc4)CC3)CN2C1=O. The van der Waals surface area contributed by atoms with Gasteiger partial charge in [-0.1, -0.05) is 29.8 Å². The van der Waals surface area contributed by atoms with Crippen LogP contribution < -0.4 is 5.32 Å². The zero-order valence-electron chi connectivity index (χ0n) is 16.6. The molecule has 1 aromatic carbocycles. The summed E-state index contributed by atoms with van der Waals surface area (Å²) < 4.78 is 0. The van der Waals surface area contributed by atoms with Gasteiger partial charge in [-0.15, -0.1) is 0 Å². The molecule has 3 saturated heterocycles. The minimum atomic E-state index is -0.297. The van der Waals surface area contributed by atoms with E-state index in [1.165, 1.54) is 10.5 Å². The number of likely N-dealkylation sites (tertiary alicyclic amines) is 1. The molecule has 3 heterocycles. The maximum Gasteiger partial charge on any atom is 0.327 e. The van der Waals surface area contributed by atoms with Crippen LogP contribution >= 0.6 is 0 Å². The number of hydrogen-bond donors (Lipinski definition) is 1. The third-order valence-electron chi connectivity index (χ3n) is 6.53. The zero-order valence-corrected chi connectivity index (χ0v) is 16.6. The molecule has 0 radical (unpaired) electrons. The van der Waals surface area contributed by atoms with Crippen molar-refractivity contribution in [3.63, 3.8) is 0 Å². The van der Waals surface area contributed by atoms with Gasteiger partial charge in [0.1, 0.15) is 6.04 Å². The van der Waals surface area contributed by atoms with Crippen LogP contribution in [0.15, 0.2) is 24.3 Å². The topological polar surface area (TPSA) is 73.0 Å². The molecule has 1 aromatic rings. The molecule has 1 unspecified atom stereocenters. The summed E-state index contributed by atoms with van der Waals surface area (Å²) in [5, 5.41) is 3.00. The molecular weight excluding hydrogens is 356 g/mol. The average molecular weight is 384 g/mol. The van der Waals surface area contributed by atoms with Gasteiger partial charge in [0.2, 0.25) is 0 Å². The second-order valence-corrected chi connectivity index (χ2v) is 8.34. The quantitative estimate of drug-likeness (QED) is 0.813. The Bertz CT molecular complexity index is 757. The Hall–Kier alpha value is -2.57. The predicted molar refractivity (Wildman–Crippen MR) is 105 cm³/mol. The van der Waals surface area contributed by atoms with Crippen molar-refractivity contribution in [1.82, 2.24) is 20.0 Å². The molecule has 7 heteroatoms. The number of urea groups is 2. The summed E-state index contributed by atoms with van der Waals surface area (Å²) in [7, 11) is 0. The number of likely N-dealkylation sites (N-methyl/N-ethyl adjacent to an activating group) is 1. The summed E-state index contributed by atoms with van der Waals surface area (Å²) in [5.74, 6) is -0.0531. The maximum atomic E-state index is 12.5. The van der Waals surface area contributed by atoms with Crippen LogP contribution in [0.4, 0.5) is 9.59 Å². The van der Waals surface area contributed by atoms with Crippen molar-refractivity contribution in [2.45, 2.75) is 45.7 Å². The van der Waals surface area contributed by atoms with E-state index in [9.17, 15) is 14.4 Å². The molecule has 1 spiro atoms. The lowest BCUT2D eigenvalue weighted by atomic mass is 9.76. The van der Waals surface area contributed by atoms with Gasteiger partial charge in [0.25, 0.3) is 5.91 Å². The summed E-state index contributed by atoms with van der Waals surface area (Å²) >= 11 is 0. The molecule has 1 N–H and O–H groups in total. The smallest absolute Gasteiger partial charge is 0.327 e. The van der Waals surface area contributed by atoms with Gasteiger partial charge in [0.15, 0.2) is 0 Å². The number of nitrogens with one attached hydrogen (secondary N) is 1. The highest BCUT2D eigenvalue weighted by atomic mass is 16.2. The predicted octanol–water partition coefficient (Wildman–Crippen LogP) is 2.34. The molecule has 28 heavy (non-hydrogen) atoms. The molecule has 0 aliphatic carbocycles. The third kappa shape index (κ3) is 3.23. The van der Waals surface area contributed by atoms with Crippen molar-refractivity contribution in [3.05, 3.63) is 35.4 Å². The highest BCUT2D eigenvalue weighted by molar-refractivity contribution is 6.04. The van der Waals surface area contributed by atoms with Crippen LogP contribution in [0.3, 0.4) is 0 Å². The van der Waals surface area contributed by atoms with E-state index in [0.717, 1.165) is 24.8 Å². The highest BCUT2D eigenvalue weighted by Crippen LogP contribution is 2.46. The van der Waals surface area contributed by atoms with Gasteiger partial charge in [-0.25, -0.2) is 9.59 Å². The lowest BCUT2D eigenvalue weighted by Gasteiger charge is -2.39. The second-order valence-electron chi connectivity index (χ2n) is 8.34. The molecular formula is C21H28N4O3. The van der Waals surface area contributed by atoms with Crippen LogP contribution in [0.25, 0.3) is 0 Å². The highest BCUT2D eigenvalue weighted by Gasteiger charge is 2.56. The fourth-order valence-corrected chi connectivity index (χ4v) is 4.74. The number of rotatable bonds is 3.